The Kier molecular flexibility index (Phi) is 6.62. The number of hydrogen-bond acceptors (Lipinski definition) is 5. The van der Waals surface area contributed by atoms with Crippen LogP contribution in [0.1, 0.15) is 30.9 Å². The fourth-order valence-corrected chi connectivity index (χ4v) is 3.79. The van der Waals surface area contributed by atoms with E-state index >= 15 is 0 Å². The SMILES string of the molecule is COCC(=O)N1CCCN(C(=O)Cn2nccc2[C@@H]2CCCNC2)CC1. The van der Waals surface area contributed by atoms with Crippen molar-refractivity contribution < 1.29 is 14.3 Å². The number of methoxy groups -OCH3 is 1. The Balaban J connectivity index is 1.57. The quantitative estimate of drug-likeness (QED) is 0.800. The Bertz CT molecular complexity index is 612. The van der Waals surface area contributed by atoms with Crippen LogP contribution in [-0.4, -0.2) is 84.4 Å². The van der Waals surface area contributed by atoms with Crippen LogP contribution in [0.3, 0.4) is 0 Å². The van der Waals surface area contributed by atoms with Crippen LogP contribution in [0.4, 0.5) is 0 Å². The average Bonchev–Trinajstić information content (AvgIpc) is 2.96. The summed E-state index contributed by atoms with van der Waals surface area (Å²) >= 11 is 0. The third-order valence-electron chi connectivity index (χ3n) is 5.22. The molecule has 2 aliphatic heterocycles. The van der Waals surface area contributed by atoms with Gasteiger partial charge in [0.1, 0.15) is 13.2 Å². The van der Waals surface area contributed by atoms with Gasteiger partial charge in [0.05, 0.1) is 0 Å². The van der Waals surface area contributed by atoms with E-state index in [-0.39, 0.29) is 25.0 Å². The molecule has 3 rings (SSSR count). The maximum Gasteiger partial charge on any atom is 0.248 e. The Morgan fingerprint density at radius 3 is 2.65 bits per heavy atom. The van der Waals surface area contributed by atoms with E-state index in [9.17, 15) is 9.59 Å². The van der Waals surface area contributed by atoms with Gasteiger partial charge < -0.3 is 19.9 Å². The number of carbonyl (C=O) groups excluding carboxylic acids is 2. The molecule has 8 heteroatoms. The summed E-state index contributed by atoms with van der Waals surface area (Å²) in [4.78, 5) is 28.4. The lowest BCUT2D eigenvalue weighted by atomic mass is 9.96. The molecule has 0 aromatic carbocycles. The number of carbonyl (C=O) groups is 2. The van der Waals surface area contributed by atoms with Gasteiger partial charge in [0, 0.05) is 57.6 Å². The van der Waals surface area contributed by atoms with Crippen molar-refractivity contribution in [3.8, 4) is 0 Å². The molecule has 1 aromatic rings. The van der Waals surface area contributed by atoms with Crippen LogP contribution >= 0.6 is 0 Å². The van der Waals surface area contributed by atoms with Gasteiger partial charge in [-0.05, 0) is 31.9 Å². The smallest absolute Gasteiger partial charge is 0.248 e. The fraction of sp³-hybridized carbons (Fsp3) is 0.722. The summed E-state index contributed by atoms with van der Waals surface area (Å²) in [6.07, 6.45) is 4.86. The molecular formula is C18H29N5O3. The fourth-order valence-electron chi connectivity index (χ4n) is 3.79. The normalized spacial score (nSPS) is 21.5. The van der Waals surface area contributed by atoms with Crippen LogP contribution in [0.5, 0.6) is 0 Å². The van der Waals surface area contributed by atoms with Crippen molar-refractivity contribution in [2.45, 2.75) is 31.7 Å². The van der Waals surface area contributed by atoms with Crippen LogP contribution in [-0.2, 0) is 20.9 Å². The maximum absolute atomic E-state index is 12.8. The highest BCUT2D eigenvalue weighted by atomic mass is 16.5. The number of hydrogen-bond donors (Lipinski definition) is 1. The Morgan fingerprint density at radius 1 is 1.19 bits per heavy atom. The molecule has 0 saturated carbocycles. The number of nitrogens with one attached hydrogen (secondary N) is 1. The summed E-state index contributed by atoms with van der Waals surface area (Å²) in [5, 5.41) is 7.79. The Morgan fingerprint density at radius 2 is 1.96 bits per heavy atom. The lowest BCUT2D eigenvalue weighted by Crippen LogP contribution is -2.40. The minimum Gasteiger partial charge on any atom is -0.375 e. The average molecular weight is 363 g/mol. The lowest BCUT2D eigenvalue weighted by molar-refractivity contribution is -0.136. The first kappa shape index (κ1) is 18.8. The monoisotopic (exact) mass is 363 g/mol. The van der Waals surface area contributed by atoms with Crippen molar-refractivity contribution in [2.75, 3.05) is 53.0 Å². The summed E-state index contributed by atoms with van der Waals surface area (Å²) in [6, 6.07) is 2.03. The highest BCUT2D eigenvalue weighted by molar-refractivity contribution is 5.78. The Hall–Kier alpha value is -1.93. The molecule has 1 atom stereocenters. The van der Waals surface area contributed by atoms with Crippen LogP contribution < -0.4 is 5.32 Å². The molecule has 1 aromatic heterocycles. The summed E-state index contributed by atoms with van der Waals surface area (Å²) in [5.74, 6) is 0.478. The van der Waals surface area contributed by atoms with Gasteiger partial charge in [-0.25, -0.2) is 0 Å². The first-order valence-corrected chi connectivity index (χ1v) is 9.46. The van der Waals surface area contributed by atoms with Gasteiger partial charge in [-0.1, -0.05) is 0 Å². The molecule has 0 radical (unpaired) electrons. The third kappa shape index (κ3) is 4.62. The van der Waals surface area contributed by atoms with Gasteiger partial charge in [0.25, 0.3) is 0 Å². The summed E-state index contributed by atoms with van der Waals surface area (Å²) in [5.41, 5.74) is 1.14. The lowest BCUT2D eigenvalue weighted by Gasteiger charge is -2.25. The number of ether oxygens (including phenoxy) is 1. The zero-order chi connectivity index (χ0) is 18.4. The van der Waals surface area contributed by atoms with Gasteiger partial charge in [-0.15, -0.1) is 0 Å². The number of amides is 2. The molecule has 2 amide bonds. The van der Waals surface area contributed by atoms with E-state index in [2.05, 4.69) is 10.4 Å². The summed E-state index contributed by atoms with van der Waals surface area (Å²) in [7, 11) is 1.52. The van der Waals surface area contributed by atoms with E-state index in [0.717, 1.165) is 38.0 Å². The number of piperidine rings is 1. The molecule has 1 N–H and O–H groups in total. The van der Waals surface area contributed by atoms with Crippen LogP contribution in [0, 0.1) is 0 Å². The van der Waals surface area contributed by atoms with Crippen molar-refractivity contribution >= 4 is 11.8 Å². The summed E-state index contributed by atoms with van der Waals surface area (Å²) in [6.45, 7) is 4.85. The highest BCUT2D eigenvalue weighted by Crippen LogP contribution is 2.22. The molecule has 3 heterocycles. The number of aromatic nitrogens is 2. The van der Waals surface area contributed by atoms with Gasteiger partial charge in [0.15, 0.2) is 0 Å². The first-order valence-electron chi connectivity index (χ1n) is 9.46. The minimum atomic E-state index is -0.0130. The van der Waals surface area contributed by atoms with Gasteiger partial charge in [0.2, 0.25) is 11.8 Å². The minimum absolute atomic E-state index is 0.0130. The molecule has 0 aliphatic carbocycles. The van der Waals surface area contributed by atoms with Gasteiger partial charge in [-0.2, -0.15) is 5.10 Å². The van der Waals surface area contributed by atoms with Gasteiger partial charge >= 0.3 is 0 Å². The molecule has 2 saturated heterocycles. The molecule has 144 valence electrons. The van der Waals surface area contributed by atoms with E-state index in [0.29, 0.717) is 32.1 Å². The van der Waals surface area contributed by atoms with Crippen molar-refractivity contribution in [1.29, 1.82) is 0 Å². The van der Waals surface area contributed by atoms with Crippen molar-refractivity contribution in [3.63, 3.8) is 0 Å². The molecule has 2 fully saturated rings. The predicted molar refractivity (Wildman–Crippen MR) is 96.7 cm³/mol. The molecule has 0 spiro atoms. The topological polar surface area (TPSA) is 79.7 Å². The van der Waals surface area contributed by atoms with Crippen LogP contribution in [0.15, 0.2) is 12.3 Å². The standard InChI is InChI=1S/C18H29N5O3/c1-26-14-18(25)22-9-3-8-21(10-11-22)17(24)13-23-16(5-7-20-23)15-4-2-6-19-12-15/h5,7,15,19H,2-4,6,8-14H2,1H3/t15-/m1/s1. The van der Waals surface area contributed by atoms with E-state index in [1.807, 2.05) is 15.6 Å². The molecule has 2 aliphatic rings. The third-order valence-corrected chi connectivity index (χ3v) is 5.22. The van der Waals surface area contributed by atoms with E-state index in [1.165, 1.54) is 7.11 Å². The molecule has 0 unspecified atom stereocenters. The maximum atomic E-state index is 12.8. The van der Waals surface area contributed by atoms with Crippen LogP contribution in [0.25, 0.3) is 0 Å². The van der Waals surface area contributed by atoms with Gasteiger partial charge in [-0.3, -0.25) is 14.3 Å². The molecule has 0 bridgehead atoms. The van der Waals surface area contributed by atoms with Crippen LogP contribution in [0.2, 0.25) is 0 Å². The highest BCUT2D eigenvalue weighted by Gasteiger charge is 2.24. The predicted octanol–water partition coefficient (Wildman–Crippen LogP) is 0.0574. The second-order valence-corrected chi connectivity index (χ2v) is 7.01. The zero-order valence-electron chi connectivity index (χ0n) is 15.5. The number of nitrogens with zero attached hydrogens (tertiary/aromatic N) is 4. The van der Waals surface area contributed by atoms with Crippen molar-refractivity contribution in [1.82, 2.24) is 24.9 Å². The van der Waals surface area contributed by atoms with E-state index < -0.39 is 0 Å². The second-order valence-electron chi connectivity index (χ2n) is 7.01. The largest absolute Gasteiger partial charge is 0.375 e. The Labute approximate surface area is 154 Å². The number of rotatable bonds is 5. The van der Waals surface area contributed by atoms with Crippen molar-refractivity contribution in [2.24, 2.45) is 0 Å². The van der Waals surface area contributed by atoms with Crippen molar-refractivity contribution in [3.05, 3.63) is 18.0 Å². The second kappa shape index (κ2) is 9.14. The van der Waals surface area contributed by atoms with E-state index in [1.54, 1.807) is 11.1 Å². The first-order chi connectivity index (χ1) is 12.7. The summed E-state index contributed by atoms with van der Waals surface area (Å²) < 4.78 is 6.77. The molecular weight excluding hydrogens is 334 g/mol. The molecule has 26 heavy (non-hydrogen) atoms. The van der Waals surface area contributed by atoms with E-state index in [4.69, 9.17) is 4.74 Å². The zero-order valence-corrected chi connectivity index (χ0v) is 15.5. The molecule has 8 nitrogen and oxygen atoms in total.